The number of aryl methyl sites for hydroxylation is 2. The second kappa shape index (κ2) is 8.17. The smallest absolute Gasteiger partial charge is 0.187 e. The topological polar surface area (TPSA) is 95.1 Å². The van der Waals surface area contributed by atoms with Crippen LogP contribution in [0.25, 0.3) is 22.3 Å². The Labute approximate surface area is 181 Å². The van der Waals surface area contributed by atoms with Gasteiger partial charge in [0, 0.05) is 18.0 Å². The molecule has 4 rings (SSSR count). The molecule has 1 unspecified atom stereocenters. The number of benzene rings is 2. The first-order valence-electron chi connectivity index (χ1n) is 9.44. The third-order valence-electron chi connectivity index (χ3n) is 4.69. The Morgan fingerprint density at radius 2 is 2.00 bits per heavy atom. The van der Waals surface area contributed by atoms with Crippen LogP contribution in [-0.4, -0.2) is 24.8 Å². The Morgan fingerprint density at radius 3 is 2.73 bits per heavy atom. The molecule has 0 spiro atoms. The lowest BCUT2D eigenvalue weighted by molar-refractivity contribution is 0.243. The molecule has 0 aliphatic carbocycles. The second-order valence-electron chi connectivity index (χ2n) is 7.21. The average molecular weight is 442 g/mol. The SMILES string of the molecule is Cc1nc2ccc(-c3csc(Nc4cc(S(N)=O)ccc4OC(C)C)n3)cc2n1C. The van der Waals surface area contributed by atoms with E-state index in [4.69, 9.17) is 14.9 Å². The molecule has 3 N–H and O–H groups in total. The first-order chi connectivity index (χ1) is 14.3. The van der Waals surface area contributed by atoms with E-state index in [0.29, 0.717) is 21.5 Å². The maximum Gasteiger partial charge on any atom is 0.187 e. The summed E-state index contributed by atoms with van der Waals surface area (Å²) in [5.41, 5.74) is 4.60. The maximum absolute atomic E-state index is 11.7. The van der Waals surface area contributed by atoms with Crippen LogP contribution in [0.15, 0.2) is 46.7 Å². The first-order valence-corrected chi connectivity index (χ1v) is 11.5. The van der Waals surface area contributed by atoms with Gasteiger partial charge < -0.3 is 14.6 Å². The summed E-state index contributed by atoms with van der Waals surface area (Å²) in [7, 11) is 0.430. The fourth-order valence-corrected chi connectivity index (χ4v) is 4.31. The lowest BCUT2D eigenvalue weighted by atomic mass is 10.1. The first kappa shape index (κ1) is 20.5. The number of ether oxygens (including phenoxy) is 1. The average Bonchev–Trinajstić information content (AvgIpc) is 3.27. The molecule has 0 aliphatic heterocycles. The van der Waals surface area contributed by atoms with Crippen molar-refractivity contribution < 1.29 is 8.95 Å². The van der Waals surface area contributed by atoms with Crippen LogP contribution in [-0.2, 0) is 18.0 Å². The Bertz CT molecular complexity index is 1250. The quantitative estimate of drug-likeness (QED) is 0.459. The maximum atomic E-state index is 11.7. The number of hydrogen-bond donors (Lipinski definition) is 2. The summed E-state index contributed by atoms with van der Waals surface area (Å²) < 4.78 is 19.6. The summed E-state index contributed by atoms with van der Waals surface area (Å²) >= 11 is 1.49. The molecule has 0 radical (unpaired) electrons. The van der Waals surface area contributed by atoms with Gasteiger partial charge in [0.15, 0.2) is 5.13 Å². The van der Waals surface area contributed by atoms with Crippen LogP contribution in [0.5, 0.6) is 5.75 Å². The van der Waals surface area contributed by atoms with E-state index in [0.717, 1.165) is 28.1 Å². The number of fused-ring (bicyclic) bond motifs is 1. The van der Waals surface area contributed by atoms with Crippen LogP contribution in [0.4, 0.5) is 10.8 Å². The highest BCUT2D eigenvalue weighted by Crippen LogP contribution is 2.34. The van der Waals surface area contributed by atoms with Gasteiger partial charge in [-0.05, 0) is 51.1 Å². The number of imidazole rings is 1. The molecule has 0 bridgehead atoms. The van der Waals surface area contributed by atoms with E-state index in [1.54, 1.807) is 18.2 Å². The molecule has 2 heterocycles. The second-order valence-corrected chi connectivity index (χ2v) is 9.13. The molecule has 156 valence electrons. The zero-order valence-corrected chi connectivity index (χ0v) is 18.8. The molecule has 7 nitrogen and oxygen atoms in total. The molecule has 2 aromatic heterocycles. The lowest BCUT2D eigenvalue weighted by Crippen LogP contribution is -2.09. The van der Waals surface area contributed by atoms with E-state index in [2.05, 4.69) is 20.9 Å². The van der Waals surface area contributed by atoms with Gasteiger partial charge in [0.1, 0.15) is 22.6 Å². The summed E-state index contributed by atoms with van der Waals surface area (Å²) in [5, 5.41) is 11.5. The third kappa shape index (κ3) is 4.09. The predicted molar refractivity (Wildman–Crippen MR) is 123 cm³/mol. The van der Waals surface area contributed by atoms with Gasteiger partial charge in [0.2, 0.25) is 0 Å². The van der Waals surface area contributed by atoms with E-state index in [1.165, 1.54) is 11.3 Å². The van der Waals surface area contributed by atoms with E-state index >= 15 is 0 Å². The predicted octanol–water partition coefficient (Wildman–Crippen LogP) is 4.52. The van der Waals surface area contributed by atoms with Crippen LogP contribution in [0.1, 0.15) is 19.7 Å². The third-order valence-corrected chi connectivity index (χ3v) is 6.17. The highest BCUT2D eigenvalue weighted by Gasteiger charge is 2.13. The van der Waals surface area contributed by atoms with Gasteiger partial charge in [0.05, 0.1) is 33.4 Å². The monoisotopic (exact) mass is 441 g/mol. The van der Waals surface area contributed by atoms with Crippen molar-refractivity contribution in [2.24, 2.45) is 12.2 Å². The van der Waals surface area contributed by atoms with Crippen molar-refractivity contribution >= 4 is 44.2 Å². The molecule has 0 fully saturated rings. The van der Waals surface area contributed by atoms with E-state index in [1.807, 2.05) is 45.3 Å². The van der Waals surface area contributed by atoms with E-state index in [9.17, 15) is 4.21 Å². The van der Waals surface area contributed by atoms with Gasteiger partial charge >= 0.3 is 0 Å². The molecule has 4 aromatic rings. The normalized spacial score (nSPS) is 12.5. The molecule has 1 atom stereocenters. The minimum Gasteiger partial charge on any atom is -0.489 e. The van der Waals surface area contributed by atoms with Crippen molar-refractivity contribution in [2.45, 2.75) is 31.8 Å². The zero-order chi connectivity index (χ0) is 21.4. The summed E-state index contributed by atoms with van der Waals surface area (Å²) in [6, 6.07) is 11.4. The molecular weight excluding hydrogens is 418 g/mol. The van der Waals surface area contributed by atoms with Crippen molar-refractivity contribution in [2.75, 3.05) is 5.32 Å². The number of nitrogens with two attached hydrogens (primary N) is 1. The van der Waals surface area contributed by atoms with Gasteiger partial charge in [-0.25, -0.2) is 19.3 Å². The lowest BCUT2D eigenvalue weighted by Gasteiger charge is -2.15. The zero-order valence-electron chi connectivity index (χ0n) is 17.2. The summed E-state index contributed by atoms with van der Waals surface area (Å²) in [6.45, 7) is 5.90. The minimum atomic E-state index is -1.58. The Balaban J connectivity index is 1.66. The van der Waals surface area contributed by atoms with Crippen LogP contribution in [0, 0.1) is 6.92 Å². The molecule has 0 aliphatic rings. The van der Waals surface area contributed by atoms with Gasteiger partial charge in [-0.1, -0.05) is 6.07 Å². The number of nitrogens with zero attached hydrogens (tertiary/aromatic N) is 3. The van der Waals surface area contributed by atoms with Gasteiger partial charge in [-0.3, -0.25) is 0 Å². The van der Waals surface area contributed by atoms with Crippen LogP contribution in [0.3, 0.4) is 0 Å². The molecule has 2 aromatic carbocycles. The van der Waals surface area contributed by atoms with Crippen molar-refractivity contribution in [3.05, 3.63) is 47.6 Å². The Morgan fingerprint density at radius 1 is 1.20 bits per heavy atom. The van der Waals surface area contributed by atoms with Crippen molar-refractivity contribution in [1.82, 2.24) is 14.5 Å². The minimum absolute atomic E-state index is 0.000656. The highest BCUT2D eigenvalue weighted by molar-refractivity contribution is 7.82. The fraction of sp³-hybridized carbons (Fsp3) is 0.238. The summed E-state index contributed by atoms with van der Waals surface area (Å²) in [5.74, 6) is 1.63. The molecule has 30 heavy (non-hydrogen) atoms. The largest absolute Gasteiger partial charge is 0.489 e. The molecular formula is C21H23N5O2S2. The number of hydrogen-bond acceptors (Lipinski definition) is 6. The van der Waals surface area contributed by atoms with Gasteiger partial charge in [0.25, 0.3) is 0 Å². The highest BCUT2D eigenvalue weighted by atomic mass is 32.2. The summed E-state index contributed by atoms with van der Waals surface area (Å²) in [4.78, 5) is 9.79. The summed E-state index contributed by atoms with van der Waals surface area (Å²) in [6.07, 6.45) is 0.000656. The van der Waals surface area contributed by atoms with Crippen molar-refractivity contribution in [3.63, 3.8) is 0 Å². The van der Waals surface area contributed by atoms with E-state index < -0.39 is 11.0 Å². The molecule has 0 saturated heterocycles. The number of rotatable bonds is 6. The van der Waals surface area contributed by atoms with Crippen molar-refractivity contribution in [1.29, 1.82) is 0 Å². The standard InChI is InChI=1S/C21H23N5O2S2/c1-12(2)28-20-8-6-15(30(22)27)10-17(20)24-21-25-18(11-29-21)14-5-7-16-19(9-14)26(4)13(3)23-16/h5-12H,22H2,1-4H3,(H,24,25). The van der Waals surface area contributed by atoms with Gasteiger partial charge in [-0.15, -0.1) is 11.3 Å². The number of aromatic nitrogens is 3. The molecule has 0 amide bonds. The van der Waals surface area contributed by atoms with Crippen LogP contribution >= 0.6 is 11.3 Å². The van der Waals surface area contributed by atoms with Crippen LogP contribution < -0.4 is 15.2 Å². The Hall–Kier alpha value is -2.75. The van der Waals surface area contributed by atoms with Crippen LogP contribution in [0.2, 0.25) is 0 Å². The van der Waals surface area contributed by atoms with E-state index in [-0.39, 0.29) is 6.10 Å². The Kier molecular flexibility index (Phi) is 5.59. The van der Waals surface area contributed by atoms with Crippen molar-refractivity contribution in [3.8, 4) is 17.0 Å². The molecule has 9 heteroatoms. The molecule has 0 saturated carbocycles. The fourth-order valence-electron chi connectivity index (χ4n) is 3.14. The van der Waals surface area contributed by atoms with Gasteiger partial charge in [-0.2, -0.15) is 0 Å². The number of nitrogens with one attached hydrogen (secondary N) is 1. The number of thiazole rings is 1. The number of anilines is 2.